The van der Waals surface area contributed by atoms with Crippen LogP contribution in [0.3, 0.4) is 0 Å². The topological polar surface area (TPSA) is 85.4 Å². The highest BCUT2D eigenvalue weighted by molar-refractivity contribution is 7.89. The fourth-order valence-electron chi connectivity index (χ4n) is 3.16. The summed E-state index contributed by atoms with van der Waals surface area (Å²) in [4.78, 5) is 15.8. The third-order valence-electron chi connectivity index (χ3n) is 4.61. The van der Waals surface area contributed by atoms with Gasteiger partial charge in [-0.05, 0) is 49.4 Å². The van der Waals surface area contributed by atoms with Crippen LogP contribution in [0.15, 0.2) is 53.7 Å². The van der Waals surface area contributed by atoms with Gasteiger partial charge >= 0.3 is 0 Å². The Balaban J connectivity index is 1.92. The van der Waals surface area contributed by atoms with E-state index in [2.05, 4.69) is 9.71 Å². The lowest BCUT2D eigenvalue weighted by atomic mass is 9.88. The first-order valence-corrected chi connectivity index (χ1v) is 10.1. The molecule has 1 aliphatic heterocycles. The van der Waals surface area contributed by atoms with E-state index in [-0.39, 0.29) is 16.6 Å². The molecule has 1 aliphatic rings. The minimum absolute atomic E-state index is 0.0890. The molecule has 0 radical (unpaired) electrons. The number of hydrogen-bond acceptors (Lipinski definition) is 5. The number of benzene rings is 1. The highest BCUT2D eigenvalue weighted by atomic mass is 32.2. The lowest BCUT2D eigenvalue weighted by Crippen LogP contribution is -2.36. The summed E-state index contributed by atoms with van der Waals surface area (Å²) >= 11 is 0. The molecule has 1 N–H and O–H groups in total. The van der Waals surface area contributed by atoms with Crippen LogP contribution in [0, 0.1) is 5.92 Å². The average Bonchev–Trinajstić information content (AvgIpc) is 2.67. The van der Waals surface area contributed by atoms with E-state index in [9.17, 15) is 13.2 Å². The minimum atomic E-state index is -3.78. The second kappa shape index (κ2) is 8.07. The molecule has 7 heteroatoms. The van der Waals surface area contributed by atoms with Gasteiger partial charge in [0.1, 0.15) is 0 Å². The summed E-state index contributed by atoms with van der Waals surface area (Å²) in [5, 5.41) is 0. The molecule has 1 unspecified atom stereocenters. The zero-order chi connectivity index (χ0) is 18.6. The van der Waals surface area contributed by atoms with Crippen LogP contribution in [-0.2, 0) is 14.8 Å². The first-order chi connectivity index (χ1) is 12.5. The quantitative estimate of drug-likeness (QED) is 0.786. The number of ether oxygens (including phenoxy) is 1. The smallest absolute Gasteiger partial charge is 0.241 e. The molecule has 0 bridgehead atoms. The maximum Gasteiger partial charge on any atom is 0.241 e. The van der Waals surface area contributed by atoms with Crippen molar-refractivity contribution < 1.29 is 17.9 Å². The lowest BCUT2D eigenvalue weighted by molar-refractivity contribution is 0.0564. The van der Waals surface area contributed by atoms with Crippen molar-refractivity contribution in [3.8, 4) is 0 Å². The Morgan fingerprint density at radius 2 is 2.00 bits per heavy atom. The Hall–Kier alpha value is -2.09. The fourth-order valence-corrected chi connectivity index (χ4v) is 4.50. The van der Waals surface area contributed by atoms with Crippen LogP contribution in [0.25, 0.3) is 0 Å². The van der Waals surface area contributed by atoms with Gasteiger partial charge in [0, 0.05) is 31.2 Å². The van der Waals surface area contributed by atoms with Crippen molar-refractivity contribution >= 4 is 15.8 Å². The molecule has 6 nitrogen and oxygen atoms in total. The second-order valence-electron chi connectivity index (χ2n) is 6.42. The fraction of sp³-hybridized carbons (Fsp3) is 0.368. The minimum Gasteiger partial charge on any atom is -0.381 e. The average molecular weight is 374 g/mol. The van der Waals surface area contributed by atoms with Crippen LogP contribution in [-0.4, -0.2) is 32.4 Å². The Kier molecular flexibility index (Phi) is 5.80. The predicted molar refractivity (Wildman–Crippen MR) is 97.3 cm³/mol. The van der Waals surface area contributed by atoms with E-state index in [0.717, 1.165) is 18.4 Å². The van der Waals surface area contributed by atoms with E-state index in [1.165, 1.54) is 19.1 Å². The molecular weight excluding hydrogens is 352 g/mol. The molecule has 0 spiro atoms. The molecule has 26 heavy (non-hydrogen) atoms. The Labute approximate surface area is 153 Å². The first-order valence-electron chi connectivity index (χ1n) is 8.58. The summed E-state index contributed by atoms with van der Waals surface area (Å²) in [6.45, 7) is 2.64. The van der Waals surface area contributed by atoms with E-state index in [1.54, 1.807) is 30.6 Å². The number of carbonyl (C=O) groups is 1. The lowest BCUT2D eigenvalue weighted by Gasteiger charge is -2.31. The summed E-state index contributed by atoms with van der Waals surface area (Å²) in [7, 11) is -3.78. The Morgan fingerprint density at radius 3 is 2.65 bits per heavy atom. The van der Waals surface area contributed by atoms with Crippen molar-refractivity contribution in [3.63, 3.8) is 0 Å². The molecule has 1 aromatic carbocycles. The standard InChI is InChI=1S/C19H22N2O4S/c1-14(22)16-4-2-6-18(12-16)26(23,24)21-19(15-7-10-25-11-8-15)17-5-3-9-20-13-17/h2-6,9,12-13,15,19,21H,7-8,10-11H2,1H3. The molecule has 138 valence electrons. The van der Waals surface area contributed by atoms with Gasteiger partial charge in [0.05, 0.1) is 10.9 Å². The van der Waals surface area contributed by atoms with Gasteiger partial charge in [-0.15, -0.1) is 0 Å². The third kappa shape index (κ3) is 4.35. The monoisotopic (exact) mass is 374 g/mol. The molecule has 2 aromatic rings. The molecule has 1 fully saturated rings. The molecule has 0 saturated carbocycles. The van der Waals surface area contributed by atoms with Gasteiger partial charge < -0.3 is 4.74 Å². The highest BCUT2D eigenvalue weighted by Crippen LogP contribution is 2.31. The summed E-state index contributed by atoms with van der Waals surface area (Å²) < 4.78 is 34.2. The largest absolute Gasteiger partial charge is 0.381 e. The van der Waals surface area contributed by atoms with E-state index >= 15 is 0 Å². The number of Topliss-reactive ketones (excluding diaryl/α,β-unsaturated/α-hetero) is 1. The van der Waals surface area contributed by atoms with E-state index in [4.69, 9.17) is 4.74 Å². The second-order valence-corrected chi connectivity index (χ2v) is 8.13. The van der Waals surface area contributed by atoms with Gasteiger partial charge in [0.15, 0.2) is 5.78 Å². The van der Waals surface area contributed by atoms with Gasteiger partial charge in [-0.1, -0.05) is 18.2 Å². The number of rotatable bonds is 6. The third-order valence-corrected chi connectivity index (χ3v) is 6.05. The van der Waals surface area contributed by atoms with Crippen LogP contribution < -0.4 is 4.72 Å². The SMILES string of the molecule is CC(=O)c1cccc(S(=O)(=O)NC(c2cccnc2)C2CCOCC2)c1. The maximum atomic E-state index is 13.0. The van der Waals surface area contributed by atoms with Crippen molar-refractivity contribution in [2.75, 3.05) is 13.2 Å². The Morgan fingerprint density at radius 1 is 1.23 bits per heavy atom. The number of nitrogens with one attached hydrogen (secondary N) is 1. The van der Waals surface area contributed by atoms with E-state index < -0.39 is 16.1 Å². The number of sulfonamides is 1. The van der Waals surface area contributed by atoms with Crippen molar-refractivity contribution in [2.24, 2.45) is 5.92 Å². The number of ketones is 1. The summed E-state index contributed by atoms with van der Waals surface area (Å²) in [6, 6.07) is 9.39. The van der Waals surface area contributed by atoms with Crippen LogP contribution in [0.5, 0.6) is 0 Å². The van der Waals surface area contributed by atoms with Crippen LogP contribution in [0.4, 0.5) is 0 Å². The van der Waals surface area contributed by atoms with Crippen LogP contribution in [0.1, 0.15) is 41.7 Å². The van der Waals surface area contributed by atoms with Gasteiger partial charge in [-0.2, -0.15) is 0 Å². The predicted octanol–water partition coefficient (Wildman–Crippen LogP) is 2.73. The van der Waals surface area contributed by atoms with Crippen molar-refractivity contribution in [1.29, 1.82) is 0 Å². The summed E-state index contributed by atoms with van der Waals surface area (Å²) in [5.74, 6) is -0.0472. The number of aromatic nitrogens is 1. The van der Waals surface area contributed by atoms with Gasteiger partial charge in [-0.25, -0.2) is 13.1 Å². The molecule has 1 atom stereocenters. The molecule has 1 aromatic heterocycles. The number of hydrogen-bond donors (Lipinski definition) is 1. The number of pyridine rings is 1. The first kappa shape index (κ1) is 18.7. The Bertz CT molecular complexity index is 862. The van der Waals surface area contributed by atoms with Gasteiger partial charge in [-0.3, -0.25) is 9.78 Å². The number of carbonyl (C=O) groups excluding carboxylic acids is 1. The molecule has 1 saturated heterocycles. The summed E-state index contributed by atoms with van der Waals surface area (Å²) in [5.41, 5.74) is 1.20. The maximum absolute atomic E-state index is 13.0. The molecule has 0 aliphatic carbocycles. The van der Waals surface area contributed by atoms with Crippen molar-refractivity contribution in [3.05, 3.63) is 59.9 Å². The van der Waals surface area contributed by atoms with Crippen LogP contribution >= 0.6 is 0 Å². The van der Waals surface area contributed by atoms with Gasteiger partial charge in [0.25, 0.3) is 0 Å². The highest BCUT2D eigenvalue weighted by Gasteiger charge is 2.30. The zero-order valence-electron chi connectivity index (χ0n) is 14.6. The molecule has 3 rings (SSSR count). The zero-order valence-corrected chi connectivity index (χ0v) is 15.4. The van der Waals surface area contributed by atoms with E-state index in [1.807, 2.05) is 6.07 Å². The number of nitrogens with zero attached hydrogens (tertiary/aromatic N) is 1. The molecule has 2 heterocycles. The molecular formula is C19H22N2O4S. The molecule has 0 amide bonds. The summed E-state index contributed by atoms with van der Waals surface area (Å²) in [6.07, 6.45) is 4.90. The van der Waals surface area contributed by atoms with Gasteiger partial charge in [0.2, 0.25) is 10.0 Å². The van der Waals surface area contributed by atoms with Crippen LogP contribution in [0.2, 0.25) is 0 Å². The van der Waals surface area contributed by atoms with Crippen molar-refractivity contribution in [1.82, 2.24) is 9.71 Å². The normalized spacial score (nSPS) is 17.0. The van der Waals surface area contributed by atoms with E-state index in [0.29, 0.717) is 18.8 Å². The van der Waals surface area contributed by atoms with Crippen molar-refractivity contribution in [2.45, 2.75) is 30.7 Å².